The van der Waals surface area contributed by atoms with Gasteiger partial charge in [-0.25, -0.2) is 4.98 Å². The SMILES string of the molecule is O=C1NC(=S)S/C1=C/c1cc2cncc(-c3ccc4[nH]cnc4c3)c2o1. The molecule has 4 heterocycles. The smallest absolute Gasteiger partial charge is 0.263 e. The molecule has 6 nitrogen and oxygen atoms in total. The first-order valence-electron chi connectivity index (χ1n) is 7.73. The molecule has 0 unspecified atom stereocenters. The third-order valence-corrected chi connectivity index (χ3v) is 5.25. The first-order chi connectivity index (χ1) is 12.7. The molecule has 126 valence electrons. The second-order valence-corrected chi connectivity index (χ2v) is 7.46. The van der Waals surface area contributed by atoms with E-state index in [1.807, 2.05) is 24.3 Å². The highest BCUT2D eigenvalue weighted by molar-refractivity contribution is 8.26. The van der Waals surface area contributed by atoms with Crippen LogP contribution in [0.15, 0.2) is 52.3 Å². The van der Waals surface area contributed by atoms with Crippen molar-refractivity contribution >= 4 is 62.3 Å². The monoisotopic (exact) mass is 378 g/mol. The average Bonchev–Trinajstić information content (AvgIpc) is 3.32. The summed E-state index contributed by atoms with van der Waals surface area (Å²) in [5, 5.41) is 3.46. The van der Waals surface area contributed by atoms with Crippen molar-refractivity contribution in [2.45, 2.75) is 0 Å². The number of thioether (sulfide) groups is 1. The van der Waals surface area contributed by atoms with Gasteiger partial charge in [0.15, 0.2) is 0 Å². The molecular weight excluding hydrogens is 368 g/mol. The molecule has 0 spiro atoms. The standard InChI is InChI=1S/C18H10N4O2S2/c23-17-15(26-18(25)22-17)5-11-3-10-6-19-7-12(16(10)24-11)9-1-2-13-14(4-9)21-8-20-13/h1-8H,(H,20,21)(H,22,23,25)/b15-5+. The van der Waals surface area contributed by atoms with E-state index in [0.717, 1.165) is 27.5 Å². The van der Waals surface area contributed by atoms with E-state index in [0.29, 0.717) is 20.6 Å². The predicted octanol–water partition coefficient (Wildman–Crippen LogP) is 3.86. The number of hydrogen-bond acceptors (Lipinski definition) is 6. The number of nitrogens with zero attached hydrogens (tertiary/aromatic N) is 2. The molecule has 1 aliphatic heterocycles. The van der Waals surface area contributed by atoms with Gasteiger partial charge in [0.2, 0.25) is 0 Å². The lowest BCUT2D eigenvalue weighted by molar-refractivity contribution is -0.115. The second-order valence-electron chi connectivity index (χ2n) is 5.74. The molecular formula is C18H10N4O2S2. The number of H-pyrrole nitrogens is 1. The van der Waals surface area contributed by atoms with E-state index in [1.54, 1.807) is 24.8 Å². The molecule has 0 bridgehead atoms. The molecule has 3 aromatic heterocycles. The van der Waals surface area contributed by atoms with Gasteiger partial charge >= 0.3 is 0 Å². The molecule has 5 rings (SSSR count). The summed E-state index contributed by atoms with van der Waals surface area (Å²) in [7, 11) is 0. The van der Waals surface area contributed by atoms with Crippen molar-refractivity contribution in [1.82, 2.24) is 20.3 Å². The zero-order chi connectivity index (χ0) is 17.7. The molecule has 1 fully saturated rings. The molecule has 0 atom stereocenters. The molecule has 26 heavy (non-hydrogen) atoms. The number of aromatic nitrogens is 3. The Balaban J connectivity index is 1.63. The molecule has 1 amide bonds. The molecule has 0 saturated carbocycles. The number of pyridine rings is 1. The number of amides is 1. The van der Waals surface area contributed by atoms with Crippen molar-refractivity contribution in [2.24, 2.45) is 0 Å². The summed E-state index contributed by atoms with van der Waals surface area (Å²) < 4.78 is 6.46. The third-order valence-electron chi connectivity index (χ3n) is 4.09. The lowest BCUT2D eigenvalue weighted by Gasteiger charge is -2.02. The van der Waals surface area contributed by atoms with E-state index in [-0.39, 0.29) is 5.91 Å². The maximum atomic E-state index is 11.8. The van der Waals surface area contributed by atoms with Crippen LogP contribution in [0.3, 0.4) is 0 Å². The summed E-state index contributed by atoms with van der Waals surface area (Å²) in [6, 6.07) is 7.82. The zero-order valence-corrected chi connectivity index (χ0v) is 14.8. The van der Waals surface area contributed by atoms with E-state index in [9.17, 15) is 4.79 Å². The molecule has 4 aromatic rings. The van der Waals surface area contributed by atoms with Gasteiger partial charge in [-0.2, -0.15) is 0 Å². The van der Waals surface area contributed by atoms with Gasteiger partial charge in [0.1, 0.15) is 15.7 Å². The average molecular weight is 378 g/mol. The maximum absolute atomic E-state index is 11.8. The predicted molar refractivity (Wildman–Crippen MR) is 105 cm³/mol. The Kier molecular flexibility index (Phi) is 3.41. The summed E-state index contributed by atoms with van der Waals surface area (Å²) in [6.45, 7) is 0. The Morgan fingerprint density at radius 1 is 1.23 bits per heavy atom. The van der Waals surface area contributed by atoms with E-state index in [2.05, 4.69) is 20.3 Å². The Hall–Kier alpha value is -2.97. The van der Waals surface area contributed by atoms with Crippen LogP contribution in [0.1, 0.15) is 5.76 Å². The summed E-state index contributed by atoms with van der Waals surface area (Å²) in [5.41, 5.74) is 4.40. The highest BCUT2D eigenvalue weighted by atomic mass is 32.2. The van der Waals surface area contributed by atoms with Crippen LogP contribution in [-0.4, -0.2) is 25.2 Å². The summed E-state index contributed by atoms with van der Waals surface area (Å²) in [6.07, 6.45) is 6.87. The lowest BCUT2D eigenvalue weighted by Crippen LogP contribution is -2.17. The van der Waals surface area contributed by atoms with Crippen LogP contribution < -0.4 is 5.32 Å². The molecule has 0 aliphatic carbocycles. The quantitative estimate of drug-likeness (QED) is 0.407. The van der Waals surface area contributed by atoms with Crippen molar-refractivity contribution in [3.05, 3.63) is 53.7 Å². The van der Waals surface area contributed by atoms with Crippen LogP contribution >= 0.6 is 24.0 Å². The van der Waals surface area contributed by atoms with Crippen molar-refractivity contribution in [3.8, 4) is 11.1 Å². The third kappa shape index (κ3) is 2.51. The fourth-order valence-electron chi connectivity index (χ4n) is 2.91. The Bertz CT molecular complexity index is 1240. The van der Waals surface area contributed by atoms with Crippen LogP contribution in [-0.2, 0) is 4.79 Å². The van der Waals surface area contributed by atoms with Crippen molar-refractivity contribution in [3.63, 3.8) is 0 Å². The molecule has 1 aromatic carbocycles. The molecule has 1 saturated heterocycles. The van der Waals surface area contributed by atoms with E-state index < -0.39 is 0 Å². The van der Waals surface area contributed by atoms with Gasteiger partial charge in [0.05, 0.1) is 22.3 Å². The fraction of sp³-hybridized carbons (Fsp3) is 0. The zero-order valence-electron chi connectivity index (χ0n) is 13.1. The van der Waals surface area contributed by atoms with Crippen LogP contribution in [0, 0.1) is 0 Å². The van der Waals surface area contributed by atoms with Crippen molar-refractivity contribution < 1.29 is 9.21 Å². The number of rotatable bonds is 2. The van der Waals surface area contributed by atoms with Crippen molar-refractivity contribution in [1.29, 1.82) is 0 Å². The Morgan fingerprint density at radius 2 is 2.15 bits per heavy atom. The molecule has 2 N–H and O–H groups in total. The number of nitrogens with one attached hydrogen (secondary N) is 2. The first kappa shape index (κ1) is 15.3. The van der Waals surface area contributed by atoms with Crippen LogP contribution in [0.25, 0.3) is 39.2 Å². The van der Waals surface area contributed by atoms with Gasteiger partial charge in [0, 0.05) is 29.4 Å². The molecule has 0 radical (unpaired) electrons. The summed E-state index contributed by atoms with van der Waals surface area (Å²) in [4.78, 5) is 24.0. The van der Waals surface area contributed by atoms with Gasteiger partial charge in [-0.05, 0) is 23.8 Å². The number of fused-ring (bicyclic) bond motifs is 2. The minimum absolute atomic E-state index is 0.206. The first-order valence-corrected chi connectivity index (χ1v) is 8.96. The lowest BCUT2D eigenvalue weighted by atomic mass is 10.1. The normalized spacial score (nSPS) is 16.1. The molecule has 1 aliphatic rings. The topological polar surface area (TPSA) is 83.8 Å². The van der Waals surface area contributed by atoms with Gasteiger partial charge < -0.3 is 14.7 Å². The Labute approximate surface area is 156 Å². The van der Waals surface area contributed by atoms with Gasteiger partial charge in [-0.15, -0.1) is 0 Å². The summed E-state index contributed by atoms with van der Waals surface area (Å²) >= 11 is 6.24. The fourth-order valence-corrected chi connectivity index (χ4v) is 3.93. The van der Waals surface area contributed by atoms with Crippen molar-refractivity contribution in [2.75, 3.05) is 0 Å². The number of aromatic amines is 1. The number of hydrogen-bond donors (Lipinski definition) is 2. The number of thiocarbonyl (C=S) groups is 1. The van der Waals surface area contributed by atoms with Crippen LogP contribution in [0.5, 0.6) is 0 Å². The number of carbonyl (C=O) groups excluding carboxylic acids is 1. The van der Waals surface area contributed by atoms with Crippen LogP contribution in [0.4, 0.5) is 0 Å². The Morgan fingerprint density at radius 3 is 3.00 bits per heavy atom. The minimum atomic E-state index is -0.206. The van der Waals surface area contributed by atoms with Gasteiger partial charge in [-0.1, -0.05) is 30.0 Å². The number of carbonyl (C=O) groups is 1. The van der Waals surface area contributed by atoms with Gasteiger partial charge in [-0.3, -0.25) is 9.78 Å². The number of furan rings is 1. The highest BCUT2D eigenvalue weighted by Crippen LogP contribution is 2.33. The largest absolute Gasteiger partial charge is 0.456 e. The van der Waals surface area contributed by atoms with Crippen LogP contribution in [0.2, 0.25) is 0 Å². The van der Waals surface area contributed by atoms with E-state index in [1.165, 1.54) is 11.8 Å². The summed E-state index contributed by atoms with van der Waals surface area (Å²) in [5.74, 6) is 0.375. The molecule has 8 heteroatoms. The highest BCUT2D eigenvalue weighted by Gasteiger charge is 2.23. The second kappa shape index (κ2) is 5.79. The van der Waals surface area contributed by atoms with E-state index in [4.69, 9.17) is 16.6 Å². The number of imidazole rings is 1. The number of benzene rings is 1. The maximum Gasteiger partial charge on any atom is 0.263 e. The minimum Gasteiger partial charge on any atom is -0.456 e. The van der Waals surface area contributed by atoms with Gasteiger partial charge in [0.25, 0.3) is 5.91 Å². The van der Waals surface area contributed by atoms with E-state index >= 15 is 0 Å².